The number of hydrogen-bond donors (Lipinski definition) is 0. The molecule has 33 heavy (non-hydrogen) atoms. The Labute approximate surface area is 195 Å². The van der Waals surface area contributed by atoms with Crippen molar-refractivity contribution in [3.05, 3.63) is 101 Å². The molecule has 0 aliphatic carbocycles. The molecule has 0 aromatic heterocycles. The normalized spacial score (nSPS) is 20.3. The Balaban J connectivity index is 1.73. The fourth-order valence-electron chi connectivity index (χ4n) is 4.64. The summed E-state index contributed by atoms with van der Waals surface area (Å²) in [5, 5.41) is 0. The van der Waals surface area contributed by atoms with Crippen molar-refractivity contribution >= 4 is 5.57 Å². The van der Waals surface area contributed by atoms with Gasteiger partial charge < -0.3 is 14.2 Å². The lowest BCUT2D eigenvalue weighted by Gasteiger charge is -2.48. The predicted octanol–water partition coefficient (Wildman–Crippen LogP) is 5.10. The topological polar surface area (TPSA) is 30.9 Å². The largest absolute Gasteiger partial charge is 0.497 e. The average Bonchev–Trinajstić information content (AvgIpc) is 2.89. The average molecular weight is 438 g/mol. The summed E-state index contributed by atoms with van der Waals surface area (Å²) in [6.07, 6.45) is 0. The molecule has 166 valence electrons. The lowest BCUT2D eigenvalue weighted by atomic mass is 9.84. The summed E-state index contributed by atoms with van der Waals surface area (Å²) in [6, 6.07) is 26.4. The first-order valence-corrected chi connectivity index (χ1v) is 11.3. The number of allylic oxidation sites excluding steroid dienone is 1. The third kappa shape index (κ3) is 3.91. The van der Waals surface area contributed by atoms with Crippen LogP contribution in [0.15, 0.2) is 84.4 Å². The lowest BCUT2D eigenvalue weighted by Crippen LogP contribution is -2.56. The Morgan fingerprint density at radius 2 is 1.55 bits per heavy atom. The van der Waals surface area contributed by atoms with Gasteiger partial charge in [0.05, 0.1) is 20.3 Å². The van der Waals surface area contributed by atoms with Gasteiger partial charge in [-0.15, -0.1) is 0 Å². The lowest BCUT2D eigenvalue weighted by molar-refractivity contribution is -0.106. The third-order valence-corrected chi connectivity index (χ3v) is 6.34. The van der Waals surface area contributed by atoms with E-state index in [9.17, 15) is 0 Å². The van der Waals surface area contributed by atoms with Crippen LogP contribution in [0.1, 0.15) is 23.6 Å². The molecule has 4 nitrogen and oxygen atoms in total. The molecule has 0 saturated carbocycles. The van der Waals surface area contributed by atoms with E-state index in [1.807, 2.05) is 60.7 Å². The molecule has 1 saturated heterocycles. The van der Waals surface area contributed by atoms with Crippen molar-refractivity contribution in [2.45, 2.75) is 12.6 Å². The monoisotopic (exact) mass is 437 g/mol. The number of methoxy groups -OCH3 is 1. The number of morpholine rings is 1. The Morgan fingerprint density at radius 3 is 2.27 bits per heavy atom. The Kier molecular flexibility index (Phi) is 5.92. The summed E-state index contributed by atoms with van der Waals surface area (Å²) in [7, 11) is 1.68. The number of nitrogens with zero attached hydrogens (tertiary/aromatic N) is 1. The zero-order valence-electron chi connectivity index (χ0n) is 19.0. The van der Waals surface area contributed by atoms with Gasteiger partial charge in [0, 0.05) is 40.9 Å². The minimum absolute atomic E-state index is 0.668. The molecule has 3 aromatic rings. The summed E-state index contributed by atoms with van der Waals surface area (Å²) in [6.45, 7) is 5.02. The number of ether oxygens (including phenoxy) is 3. The molecule has 2 aliphatic rings. The fraction of sp³-hybridized carbons (Fsp3) is 0.241. The van der Waals surface area contributed by atoms with E-state index in [2.05, 4.69) is 41.9 Å². The summed E-state index contributed by atoms with van der Waals surface area (Å²) in [5.41, 5.74) is 4.38. The van der Waals surface area contributed by atoms with E-state index < -0.39 is 5.72 Å². The summed E-state index contributed by atoms with van der Waals surface area (Å²) >= 11 is 0. The van der Waals surface area contributed by atoms with E-state index in [0.29, 0.717) is 13.2 Å². The fourth-order valence-corrected chi connectivity index (χ4v) is 4.64. The van der Waals surface area contributed by atoms with Crippen LogP contribution in [0, 0.1) is 11.8 Å². The highest BCUT2D eigenvalue weighted by Gasteiger charge is 2.47. The molecular weight excluding hydrogens is 410 g/mol. The van der Waals surface area contributed by atoms with Crippen molar-refractivity contribution < 1.29 is 14.2 Å². The van der Waals surface area contributed by atoms with Crippen LogP contribution in [0.3, 0.4) is 0 Å². The second-order valence-corrected chi connectivity index (χ2v) is 8.19. The van der Waals surface area contributed by atoms with Gasteiger partial charge in [-0.05, 0) is 55.5 Å². The minimum atomic E-state index is -0.773. The van der Waals surface area contributed by atoms with E-state index in [1.165, 1.54) is 0 Å². The molecule has 3 aromatic carbocycles. The highest BCUT2D eigenvalue weighted by Crippen LogP contribution is 2.48. The maximum atomic E-state index is 6.92. The van der Waals surface area contributed by atoms with Crippen LogP contribution in [-0.2, 0) is 10.5 Å². The Hall–Kier alpha value is -3.52. The molecule has 0 N–H and O–H groups in total. The van der Waals surface area contributed by atoms with Crippen LogP contribution in [-0.4, -0.2) is 38.3 Å². The van der Waals surface area contributed by atoms with Crippen molar-refractivity contribution in [3.63, 3.8) is 0 Å². The van der Waals surface area contributed by atoms with Crippen LogP contribution in [0.25, 0.3) is 5.57 Å². The van der Waals surface area contributed by atoms with Crippen molar-refractivity contribution in [2.75, 3.05) is 33.4 Å². The Bertz CT molecular complexity index is 1210. The van der Waals surface area contributed by atoms with E-state index in [1.54, 1.807) is 7.11 Å². The highest BCUT2D eigenvalue weighted by molar-refractivity contribution is 5.87. The number of benzene rings is 3. The molecule has 1 atom stereocenters. The quantitative estimate of drug-likeness (QED) is 0.534. The molecule has 0 spiro atoms. The van der Waals surface area contributed by atoms with Crippen LogP contribution >= 0.6 is 0 Å². The molecule has 2 aliphatic heterocycles. The molecule has 0 bridgehead atoms. The van der Waals surface area contributed by atoms with Gasteiger partial charge in [-0.1, -0.05) is 42.2 Å². The number of para-hydroxylation sites is 1. The van der Waals surface area contributed by atoms with Gasteiger partial charge in [0.15, 0.2) is 0 Å². The first-order chi connectivity index (χ1) is 16.2. The van der Waals surface area contributed by atoms with E-state index in [0.717, 1.165) is 52.4 Å². The second-order valence-electron chi connectivity index (χ2n) is 8.19. The van der Waals surface area contributed by atoms with Gasteiger partial charge in [0.2, 0.25) is 5.72 Å². The highest BCUT2D eigenvalue weighted by atomic mass is 16.5. The molecular formula is C29H27NO3. The SMILES string of the molecule is COc1ccc([C@]2(N3CCOCC3)Oc3ccccc3C(C#Cc3ccccc3)=C2C)cc1. The van der Waals surface area contributed by atoms with Crippen molar-refractivity contribution in [3.8, 4) is 23.3 Å². The summed E-state index contributed by atoms with van der Waals surface area (Å²) < 4.78 is 18.0. The van der Waals surface area contributed by atoms with Gasteiger partial charge in [-0.2, -0.15) is 0 Å². The summed E-state index contributed by atoms with van der Waals surface area (Å²) in [5.74, 6) is 8.52. The molecule has 4 heteroatoms. The van der Waals surface area contributed by atoms with Crippen LogP contribution < -0.4 is 9.47 Å². The van der Waals surface area contributed by atoms with E-state index in [4.69, 9.17) is 14.2 Å². The molecule has 1 fully saturated rings. The minimum Gasteiger partial charge on any atom is -0.497 e. The van der Waals surface area contributed by atoms with Crippen molar-refractivity contribution in [1.29, 1.82) is 0 Å². The van der Waals surface area contributed by atoms with Crippen LogP contribution in [0.4, 0.5) is 0 Å². The molecule has 0 amide bonds. The Morgan fingerprint density at radius 1 is 0.848 bits per heavy atom. The van der Waals surface area contributed by atoms with Gasteiger partial charge in [-0.25, -0.2) is 0 Å². The second kappa shape index (κ2) is 9.15. The van der Waals surface area contributed by atoms with E-state index >= 15 is 0 Å². The van der Waals surface area contributed by atoms with Crippen LogP contribution in [0.2, 0.25) is 0 Å². The standard InChI is InChI=1S/C29H27NO3/c1-22-26(17-12-23-8-4-3-5-9-23)27-10-6-7-11-28(27)33-29(22,30-18-20-32-21-19-30)24-13-15-25(31-2)16-14-24/h3-11,13-16H,18-21H2,1-2H3/t29-/m1/s1. The van der Waals surface area contributed by atoms with Crippen LogP contribution in [0.5, 0.6) is 11.5 Å². The zero-order valence-corrected chi connectivity index (χ0v) is 19.0. The number of fused-ring (bicyclic) bond motifs is 1. The first-order valence-electron chi connectivity index (χ1n) is 11.3. The molecule has 5 rings (SSSR count). The molecule has 2 heterocycles. The third-order valence-electron chi connectivity index (χ3n) is 6.34. The molecule has 0 radical (unpaired) electrons. The maximum absolute atomic E-state index is 6.92. The number of rotatable bonds is 3. The smallest absolute Gasteiger partial charge is 0.213 e. The summed E-state index contributed by atoms with van der Waals surface area (Å²) in [4.78, 5) is 2.37. The van der Waals surface area contributed by atoms with Crippen molar-refractivity contribution in [1.82, 2.24) is 4.90 Å². The maximum Gasteiger partial charge on any atom is 0.213 e. The van der Waals surface area contributed by atoms with Gasteiger partial charge >= 0.3 is 0 Å². The number of hydrogen-bond acceptors (Lipinski definition) is 4. The van der Waals surface area contributed by atoms with E-state index in [-0.39, 0.29) is 0 Å². The van der Waals surface area contributed by atoms with Gasteiger partial charge in [0.1, 0.15) is 11.5 Å². The van der Waals surface area contributed by atoms with Crippen molar-refractivity contribution in [2.24, 2.45) is 0 Å². The first kappa shape index (κ1) is 21.3. The molecule has 0 unspecified atom stereocenters. The van der Waals surface area contributed by atoms with Gasteiger partial charge in [0.25, 0.3) is 0 Å². The predicted molar refractivity (Wildman–Crippen MR) is 130 cm³/mol. The zero-order chi connectivity index (χ0) is 22.7. The van der Waals surface area contributed by atoms with Gasteiger partial charge in [-0.3, -0.25) is 4.90 Å².